The molecule has 2 amide bonds. The Morgan fingerprint density at radius 3 is 2.69 bits per heavy atom. The second-order valence-electron chi connectivity index (χ2n) is 6.35. The molecule has 2 unspecified atom stereocenters. The molecular weight excluding hydrogens is 330 g/mol. The third-order valence-corrected chi connectivity index (χ3v) is 4.70. The van der Waals surface area contributed by atoms with Gasteiger partial charge in [0.25, 0.3) is 5.91 Å². The molecule has 2 heterocycles. The van der Waals surface area contributed by atoms with Crippen molar-refractivity contribution in [2.75, 3.05) is 13.6 Å². The Morgan fingerprint density at radius 1 is 1.19 bits per heavy atom. The molecule has 2 aromatic rings. The number of likely N-dealkylation sites (N-methyl/N-ethyl adjacent to an activating group) is 1. The van der Waals surface area contributed by atoms with E-state index in [0.29, 0.717) is 12.4 Å². The van der Waals surface area contributed by atoms with Gasteiger partial charge in [0, 0.05) is 24.7 Å². The van der Waals surface area contributed by atoms with Crippen LogP contribution in [0, 0.1) is 0 Å². The van der Waals surface area contributed by atoms with E-state index in [0.717, 1.165) is 16.7 Å². The molecule has 4 rings (SSSR count). The summed E-state index contributed by atoms with van der Waals surface area (Å²) in [6.45, 7) is 0.373. The van der Waals surface area contributed by atoms with Gasteiger partial charge in [0.15, 0.2) is 12.1 Å². The van der Waals surface area contributed by atoms with Gasteiger partial charge in [-0.2, -0.15) is 0 Å². The average Bonchev–Trinajstić information content (AvgIpc) is 3.09. The molecule has 0 saturated heterocycles. The highest BCUT2D eigenvalue weighted by Crippen LogP contribution is 2.37. The first-order valence-corrected chi connectivity index (χ1v) is 8.54. The van der Waals surface area contributed by atoms with Crippen molar-refractivity contribution in [3.63, 3.8) is 0 Å². The van der Waals surface area contributed by atoms with Crippen LogP contribution in [0.4, 0.5) is 0 Å². The van der Waals surface area contributed by atoms with Crippen molar-refractivity contribution in [3.05, 3.63) is 71.3 Å². The van der Waals surface area contributed by atoms with Crippen LogP contribution in [0.1, 0.15) is 22.8 Å². The number of benzene rings is 2. The lowest BCUT2D eigenvalue weighted by Gasteiger charge is -2.21. The minimum Gasteiger partial charge on any atom is -0.466 e. The number of hydrogen-bond acceptors (Lipinski definition) is 4. The van der Waals surface area contributed by atoms with Gasteiger partial charge >= 0.3 is 0 Å². The molecule has 0 bridgehead atoms. The van der Waals surface area contributed by atoms with Crippen molar-refractivity contribution in [2.24, 2.45) is 4.99 Å². The van der Waals surface area contributed by atoms with Crippen LogP contribution in [0.25, 0.3) is 0 Å². The Kier molecular flexibility index (Phi) is 4.16. The van der Waals surface area contributed by atoms with Gasteiger partial charge in [0.1, 0.15) is 0 Å². The number of carbonyl (C=O) groups is 2. The van der Waals surface area contributed by atoms with Crippen LogP contribution in [-0.2, 0) is 20.9 Å². The summed E-state index contributed by atoms with van der Waals surface area (Å²) in [5.41, 5.74) is 2.76. The number of carbonyl (C=O) groups excluding carboxylic acids is 2. The van der Waals surface area contributed by atoms with Crippen LogP contribution < -0.4 is 5.32 Å². The number of nitrogens with zero attached hydrogens (tertiary/aromatic N) is 2. The molecule has 0 saturated carbocycles. The largest absolute Gasteiger partial charge is 0.466 e. The Labute approximate surface area is 151 Å². The van der Waals surface area contributed by atoms with Crippen LogP contribution >= 0.6 is 0 Å². The second-order valence-corrected chi connectivity index (χ2v) is 6.35. The van der Waals surface area contributed by atoms with Crippen molar-refractivity contribution in [1.29, 1.82) is 0 Å². The molecular formula is C20H19N3O3. The van der Waals surface area contributed by atoms with E-state index >= 15 is 0 Å². The third-order valence-electron chi connectivity index (χ3n) is 4.70. The zero-order chi connectivity index (χ0) is 18.1. The summed E-state index contributed by atoms with van der Waals surface area (Å²) in [7, 11) is 1.56. The van der Waals surface area contributed by atoms with Crippen LogP contribution in [-0.4, -0.2) is 42.2 Å². The van der Waals surface area contributed by atoms with Crippen molar-refractivity contribution in [1.82, 2.24) is 10.2 Å². The molecule has 6 heteroatoms. The Morgan fingerprint density at radius 2 is 1.92 bits per heavy atom. The SMILES string of the molecule is CNC(=O)CN1Cc2ccccc2C2OC(c3ccccc3)=NC2C1=O. The normalized spacial score (nSPS) is 21.2. The number of nitrogens with one attached hydrogen (secondary N) is 1. The van der Waals surface area contributed by atoms with Crippen molar-refractivity contribution >= 4 is 17.7 Å². The van der Waals surface area contributed by atoms with Gasteiger partial charge < -0.3 is 15.0 Å². The summed E-state index contributed by atoms with van der Waals surface area (Å²) in [6, 6.07) is 16.6. The minimum atomic E-state index is -0.682. The monoisotopic (exact) mass is 349 g/mol. The van der Waals surface area contributed by atoms with Gasteiger partial charge in [-0.05, 0) is 17.7 Å². The van der Waals surface area contributed by atoms with E-state index in [2.05, 4.69) is 10.3 Å². The standard InChI is InChI=1S/C20H19N3O3/c1-21-16(24)12-23-11-14-9-5-6-10-15(14)18-17(20(23)25)22-19(26-18)13-7-3-2-4-8-13/h2-10,17-18H,11-12H2,1H3,(H,21,24). The number of fused-ring (bicyclic) bond motifs is 3. The smallest absolute Gasteiger partial charge is 0.252 e. The quantitative estimate of drug-likeness (QED) is 0.916. The summed E-state index contributed by atoms with van der Waals surface area (Å²) in [4.78, 5) is 31.1. The van der Waals surface area contributed by atoms with Crippen LogP contribution in [0.3, 0.4) is 0 Å². The number of amides is 2. The molecule has 0 radical (unpaired) electrons. The first-order valence-electron chi connectivity index (χ1n) is 8.54. The third kappa shape index (κ3) is 2.83. The minimum absolute atomic E-state index is 0.00305. The van der Waals surface area contributed by atoms with Gasteiger partial charge in [-0.1, -0.05) is 42.5 Å². The van der Waals surface area contributed by atoms with Gasteiger partial charge in [0.05, 0.1) is 6.54 Å². The molecule has 0 fully saturated rings. The molecule has 2 aliphatic heterocycles. The predicted octanol–water partition coefficient (Wildman–Crippen LogP) is 1.66. The molecule has 6 nitrogen and oxygen atoms in total. The van der Waals surface area contributed by atoms with Crippen molar-refractivity contribution in [2.45, 2.75) is 18.7 Å². The molecule has 132 valence electrons. The van der Waals surface area contributed by atoms with Gasteiger partial charge in [-0.25, -0.2) is 4.99 Å². The lowest BCUT2D eigenvalue weighted by Crippen LogP contribution is -2.42. The van der Waals surface area contributed by atoms with Crippen LogP contribution in [0.5, 0.6) is 0 Å². The van der Waals surface area contributed by atoms with Crippen molar-refractivity contribution < 1.29 is 14.3 Å². The lowest BCUT2D eigenvalue weighted by molar-refractivity contribution is -0.138. The highest BCUT2D eigenvalue weighted by atomic mass is 16.5. The molecule has 2 aliphatic rings. The summed E-state index contributed by atoms with van der Waals surface area (Å²) < 4.78 is 6.11. The number of hydrogen-bond donors (Lipinski definition) is 1. The molecule has 0 spiro atoms. The molecule has 26 heavy (non-hydrogen) atoms. The van der Waals surface area contributed by atoms with E-state index in [1.54, 1.807) is 11.9 Å². The van der Waals surface area contributed by atoms with E-state index in [9.17, 15) is 9.59 Å². The van der Waals surface area contributed by atoms with E-state index < -0.39 is 12.1 Å². The number of ether oxygens (including phenoxy) is 1. The topological polar surface area (TPSA) is 71.0 Å². The first-order chi connectivity index (χ1) is 12.7. The van der Waals surface area contributed by atoms with Gasteiger partial charge in [-0.3, -0.25) is 9.59 Å². The fourth-order valence-corrected chi connectivity index (χ4v) is 3.36. The van der Waals surface area contributed by atoms with Crippen molar-refractivity contribution in [3.8, 4) is 0 Å². The summed E-state index contributed by atoms with van der Waals surface area (Å²) >= 11 is 0. The van der Waals surface area contributed by atoms with E-state index in [4.69, 9.17) is 4.74 Å². The van der Waals surface area contributed by atoms with Gasteiger partial charge in [0.2, 0.25) is 11.8 Å². The van der Waals surface area contributed by atoms with E-state index in [-0.39, 0.29) is 18.4 Å². The molecule has 2 atom stereocenters. The highest BCUT2D eigenvalue weighted by molar-refractivity contribution is 5.99. The first kappa shape index (κ1) is 16.3. The summed E-state index contributed by atoms with van der Waals surface area (Å²) in [6.07, 6.45) is -0.469. The van der Waals surface area contributed by atoms with Crippen LogP contribution in [0.15, 0.2) is 59.6 Å². The number of aliphatic imine (C=N–C) groups is 1. The Bertz CT molecular complexity index is 879. The zero-order valence-corrected chi connectivity index (χ0v) is 14.4. The summed E-state index contributed by atoms with van der Waals surface area (Å²) in [5, 5.41) is 2.57. The molecule has 0 aliphatic carbocycles. The average molecular weight is 349 g/mol. The summed E-state index contributed by atoms with van der Waals surface area (Å²) in [5.74, 6) is 0.0618. The molecule has 1 N–H and O–H groups in total. The second kappa shape index (κ2) is 6.63. The number of rotatable bonds is 3. The maximum Gasteiger partial charge on any atom is 0.252 e. The Balaban J connectivity index is 1.74. The molecule has 2 aromatic carbocycles. The maximum atomic E-state index is 13.1. The van der Waals surface area contributed by atoms with E-state index in [1.807, 2.05) is 54.6 Å². The Hall–Kier alpha value is -3.15. The molecule has 0 aromatic heterocycles. The lowest BCUT2D eigenvalue weighted by atomic mass is 9.99. The van der Waals surface area contributed by atoms with E-state index in [1.165, 1.54) is 0 Å². The van der Waals surface area contributed by atoms with Crippen LogP contribution in [0.2, 0.25) is 0 Å². The predicted molar refractivity (Wildman–Crippen MR) is 96.5 cm³/mol. The van der Waals surface area contributed by atoms with Gasteiger partial charge in [-0.15, -0.1) is 0 Å². The fourth-order valence-electron chi connectivity index (χ4n) is 3.36. The highest BCUT2D eigenvalue weighted by Gasteiger charge is 2.43. The maximum absolute atomic E-state index is 13.1. The fraction of sp³-hybridized carbons (Fsp3) is 0.250. The zero-order valence-electron chi connectivity index (χ0n) is 14.4.